The molecule has 7 heteroatoms. The first kappa shape index (κ1) is 17.5. The first-order chi connectivity index (χ1) is 13.1. The fourth-order valence-corrected chi connectivity index (χ4v) is 3.46. The molecule has 1 saturated heterocycles. The van der Waals surface area contributed by atoms with Crippen molar-refractivity contribution in [1.82, 2.24) is 19.2 Å². The summed E-state index contributed by atoms with van der Waals surface area (Å²) in [4.78, 5) is 33.5. The van der Waals surface area contributed by atoms with Crippen molar-refractivity contribution < 1.29 is 9.21 Å². The number of rotatable bonds is 3. The standard InChI is InChI=1S/C20H22N4O3/c1-15-5-6-18-21-16(12-19(25)24(18)13-15)14-22-7-3-8-23(10-9-22)20(26)17-4-2-11-27-17/h2,4-6,11-13H,3,7-10,14H2,1H3. The van der Waals surface area contributed by atoms with Crippen molar-refractivity contribution in [3.05, 3.63) is 70.2 Å². The third-order valence-electron chi connectivity index (χ3n) is 4.85. The van der Waals surface area contributed by atoms with Crippen LogP contribution in [0.5, 0.6) is 0 Å². The minimum Gasteiger partial charge on any atom is -0.459 e. The average Bonchev–Trinajstić information content (AvgIpc) is 3.09. The van der Waals surface area contributed by atoms with Crippen LogP contribution in [0.15, 0.2) is 52.0 Å². The van der Waals surface area contributed by atoms with E-state index in [9.17, 15) is 9.59 Å². The lowest BCUT2D eigenvalue weighted by atomic mass is 10.3. The van der Waals surface area contributed by atoms with Crippen molar-refractivity contribution in [3.63, 3.8) is 0 Å². The summed E-state index contributed by atoms with van der Waals surface area (Å²) in [5.74, 6) is 0.308. The lowest BCUT2D eigenvalue weighted by Gasteiger charge is -2.21. The van der Waals surface area contributed by atoms with Crippen molar-refractivity contribution >= 4 is 11.6 Å². The largest absolute Gasteiger partial charge is 0.459 e. The first-order valence-electron chi connectivity index (χ1n) is 9.14. The van der Waals surface area contributed by atoms with E-state index >= 15 is 0 Å². The van der Waals surface area contributed by atoms with E-state index in [2.05, 4.69) is 9.88 Å². The molecule has 1 aliphatic rings. The maximum Gasteiger partial charge on any atom is 0.289 e. The second-order valence-corrected chi connectivity index (χ2v) is 6.92. The second-order valence-electron chi connectivity index (χ2n) is 6.92. The molecule has 0 atom stereocenters. The molecule has 4 rings (SSSR count). The zero-order chi connectivity index (χ0) is 18.8. The Morgan fingerprint density at radius 1 is 1.19 bits per heavy atom. The van der Waals surface area contributed by atoms with Crippen LogP contribution in [0.25, 0.3) is 5.65 Å². The van der Waals surface area contributed by atoms with Gasteiger partial charge in [0, 0.05) is 45.0 Å². The number of hydrogen-bond donors (Lipinski definition) is 0. The highest BCUT2D eigenvalue weighted by Gasteiger charge is 2.22. The number of aryl methyl sites for hydroxylation is 1. The van der Waals surface area contributed by atoms with Gasteiger partial charge in [0.1, 0.15) is 5.65 Å². The number of furan rings is 1. The maximum atomic E-state index is 12.5. The molecular formula is C20H22N4O3. The number of fused-ring (bicyclic) bond motifs is 1. The third kappa shape index (κ3) is 3.78. The Balaban J connectivity index is 1.46. The van der Waals surface area contributed by atoms with E-state index in [1.54, 1.807) is 28.8 Å². The Labute approximate surface area is 156 Å². The fourth-order valence-electron chi connectivity index (χ4n) is 3.46. The van der Waals surface area contributed by atoms with Gasteiger partial charge < -0.3 is 9.32 Å². The molecule has 1 amide bonds. The molecule has 0 bridgehead atoms. The molecule has 0 aliphatic carbocycles. The van der Waals surface area contributed by atoms with Gasteiger partial charge in [0.15, 0.2) is 5.76 Å². The van der Waals surface area contributed by atoms with E-state index in [-0.39, 0.29) is 11.5 Å². The van der Waals surface area contributed by atoms with Crippen LogP contribution < -0.4 is 5.56 Å². The SMILES string of the molecule is Cc1ccc2nc(CN3CCCN(C(=O)c4ccco4)CC3)cc(=O)n2c1. The Hall–Kier alpha value is -2.93. The number of carbonyl (C=O) groups is 1. The molecule has 3 aromatic rings. The Kier molecular flexibility index (Phi) is 4.77. The van der Waals surface area contributed by atoms with Gasteiger partial charge in [-0.2, -0.15) is 0 Å². The molecule has 7 nitrogen and oxygen atoms in total. The number of nitrogens with zero attached hydrogens (tertiary/aromatic N) is 4. The van der Waals surface area contributed by atoms with Crippen LogP contribution in [-0.2, 0) is 6.54 Å². The molecule has 0 unspecified atom stereocenters. The predicted molar refractivity (Wildman–Crippen MR) is 101 cm³/mol. The van der Waals surface area contributed by atoms with Gasteiger partial charge in [-0.3, -0.25) is 18.9 Å². The lowest BCUT2D eigenvalue weighted by Crippen LogP contribution is -2.35. The van der Waals surface area contributed by atoms with Crippen molar-refractivity contribution in [2.24, 2.45) is 0 Å². The van der Waals surface area contributed by atoms with E-state index in [1.165, 1.54) is 6.26 Å². The van der Waals surface area contributed by atoms with Crippen LogP contribution in [0.3, 0.4) is 0 Å². The third-order valence-corrected chi connectivity index (χ3v) is 4.85. The number of amides is 1. The highest BCUT2D eigenvalue weighted by atomic mass is 16.3. The minimum absolute atomic E-state index is 0.0665. The van der Waals surface area contributed by atoms with E-state index in [1.807, 2.05) is 24.0 Å². The van der Waals surface area contributed by atoms with Crippen molar-refractivity contribution in [1.29, 1.82) is 0 Å². The molecule has 27 heavy (non-hydrogen) atoms. The summed E-state index contributed by atoms with van der Waals surface area (Å²) in [6.45, 7) is 5.47. The van der Waals surface area contributed by atoms with Crippen LogP contribution in [0.4, 0.5) is 0 Å². The lowest BCUT2D eigenvalue weighted by molar-refractivity contribution is 0.0729. The predicted octanol–water partition coefficient (Wildman–Crippen LogP) is 1.94. The van der Waals surface area contributed by atoms with Gasteiger partial charge in [-0.05, 0) is 37.1 Å². The summed E-state index contributed by atoms with van der Waals surface area (Å²) in [6.07, 6.45) is 4.19. The van der Waals surface area contributed by atoms with Crippen LogP contribution >= 0.6 is 0 Å². The molecular weight excluding hydrogens is 344 g/mol. The molecule has 140 valence electrons. The quantitative estimate of drug-likeness (QED) is 0.708. The number of carbonyl (C=O) groups excluding carboxylic acids is 1. The van der Waals surface area contributed by atoms with Crippen molar-refractivity contribution in [2.75, 3.05) is 26.2 Å². The van der Waals surface area contributed by atoms with Crippen LogP contribution in [0.2, 0.25) is 0 Å². The Morgan fingerprint density at radius 3 is 2.89 bits per heavy atom. The molecule has 0 spiro atoms. The normalized spacial score (nSPS) is 15.8. The second kappa shape index (κ2) is 7.36. The molecule has 1 aliphatic heterocycles. The fraction of sp³-hybridized carbons (Fsp3) is 0.350. The van der Waals surface area contributed by atoms with Gasteiger partial charge in [-0.25, -0.2) is 4.98 Å². The molecule has 3 aromatic heterocycles. The first-order valence-corrected chi connectivity index (χ1v) is 9.14. The smallest absolute Gasteiger partial charge is 0.289 e. The summed E-state index contributed by atoms with van der Waals surface area (Å²) in [6, 6.07) is 8.84. The molecule has 0 saturated carbocycles. The zero-order valence-electron chi connectivity index (χ0n) is 15.3. The summed E-state index contributed by atoms with van der Waals surface area (Å²) >= 11 is 0. The van der Waals surface area contributed by atoms with Gasteiger partial charge in [-0.15, -0.1) is 0 Å². The van der Waals surface area contributed by atoms with Gasteiger partial charge in [0.2, 0.25) is 0 Å². The maximum absolute atomic E-state index is 12.5. The van der Waals surface area contributed by atoms with E-state index in [0.717, 1.165) is 30.8 Å². The van der Waals surface area contributed by atoms with Crippen LogP contribution in [0, 0.1) is 6.92 Å². The minimum atomic E-state index is -0.0701. The monoisotopic (exact) mass is 366 g/mol. The average molecular weight is 366 g/mol. The molecule has 4 heterocycles. The van der Waals surface area contributed by atoms with Crippen molar-refractivity contribution in [3.8, 4) is 0 Å². The Morgan fingerprint density at radius 2 is 2.07 bits per heavy atom. The number of hydrogen-bond acceptors (Lipinski definition) is 5. The summed E-state index contributed by atoms with van der Waals surface area (Å²) in [7, 11) is 0. The number of aromatic nitrogens is 2. The molecule has 0 N–H and O–H groups in total. The van der Waals surface area contributed by atoms with E-state index < -0.39 is 0 Å². The van der Waals surface area contributed by atoms with Gasteiger partial charge in [0.25, 0.3) is 11.5 Å². The van der Waals surface area contributed by atoms with E-state index in [0.29, 0.717) is 31.0 Å². The van der Waals surface area contributed by atoms with E-state index in [4.69, 9.17) is 4.42 Å². The van der Waals surface area contributed by atoms with Gasteiger partial charge in [-0.1, -0.05) is 6.07 Å². The van der Waals surface area contributed by atoms with Gasteiger partial charge >= 0.3 is 0 Å². The number of pyridine rings is 1. The van der Waals surface area contributed by atoms with Crippen molar-refractivity contribution in [2.45, 2.75) is 19.9 Å². The molecule has 0 radical (unpaired) electrons. The molecule has 1 fully saturated rings. The highest BCUT2D eigenvalue weighted by Crippen LogP contribution is 2.12. The highest BCUT2D eigenvalue weighted by molar-refractivity contribution is 5.91. The van der Waals surface area contributed by atoms with Gasteiger partial charge in [0.05, 0.1) is 12.0 Å². The zero-order valence-corrected chi connectivity index (χ0v) is 15.3. The molecule has 0 aromatic carbocycles. The van der Waals surface area contributed by atoms with Crippen LogP contribution in [0.1, 0.15) is 28.2 Å². The summed E-state index contributed by atoms with van der Waals surface area (Å²) in [5, 5.41) is 0. The summed E-state index contributed by atoms with van der Waals surface area (Å²) < 4.78 is 6.80. The topological polar surface area (TPSA) is 71.1 Å². The summed E-state index contributed by atoms with van der Waals surface area (Å²) in [5.41, 5.74) is 2.37. The Bertz CT molecular complexity index is 1010. The van der Waals surface area contributed by atoms with Crippen LogP contribution in [-0.4, -0.2) is 51.3 Å².